The first-order valence-electron chi connectivity index (χ1n) is 4.75. The van der Waals surface area contributed by atoms with Crippen LogP contribution in [0.4, 0.5) is 0 Å². The third-order valence-corrected chi connectivity index (χ3v) is 2.11. The predicted octanol–water partition coefficient (Wildman–Crippen LogP) is 1.88. The Morgan fingerprint density at radius 1 is 1.29 bits per heavy atom. The first-order valence-corrected chi connectivity index (χ1v) is 4.75. The van der Waals surface area contributed by atoms with Gasteiger partial charge in [0.05, 0.1) is 6.61 Å². The van der Waals surface area contributed by atoms with Gasteiger partial charge in [0.15, 0.2) is 0 Å². The number of aliphatic hydroxyl groups is 2. The fourth-order valence-electron chi connectivity index (χ4n) is 1.31. The Balaban J connectivity index is 2.78. The molecule has 0 aliphatic carbocycles. The highest BCUT2D eigenvalue weighted by molar-refractivity contribution is 5.54. The number of rotatable bonds is 4. The van der Waals surface area contributed by atoms with Crippen LogP contribution in [-0.2, 0) is 6.61 Å². The molecule has 0 bridgehead atoms. The number of benzene rings is 1. The van der Waals surface area contributed by atoms with Gasteiger partial charge in [-0.25, -0.2) is 0 Å². The van der Waals surface area contributed by atoms with Gasteiger partial charge in [-0.15, -0.1) is 0 Å². The van der Waals surface area contributed by atoms with Crippen molar-refractivity contribution in [1.82, 2.24) is 0 Å². The fourth-order valence-corrected chi connectivity index (χ4v) is 1.31. The SMILES string of the molecule is Cc1cc(CO)ccc1C=CCCO. The normalized spacial score (nSPS) is 11.1. The second kappa shape index (κ2) is 5.58. The van der Waals surface area contributed by atoms with Crippen molar-refractivity contribution in [1.29, 1.82) is 0 Å². The van der Waals surface area contributed by atoms with Crippen LogP contribution in [0.25, 0.3) is 6.08 Å². The molecule has 0 saturated heterocycles. The molecule has 1 aromatic rings. The predicted molar refractivity (Wildman–Crippen MR) is 57.8 cm³/mol. The molecule has 0 aromatic heterocycles. The lowest BCUT2D eigenvalue weighted by Gasteiger charge is -2.02. The zero-order valence-electron chi connectivity index (χ0n) is 8.40. The molecule has 0 fully saturated rings. The zero-order chi connectivity index (χ0) is 10.4. The highest BCUT2D eigenvalue weighted by Gasteiger charge is 1.95. The summed E-state index contributed by atoms with van der Waals surface area (Å²) in [6.07, 6.45) is 4.62. The lowest BCUT2D eigenvalue weighted by Crippen LogP contribution is -1.87. The number of aryl methyl sites for hydroxylation is 1. The summed E-state index contributed by atoms with van der Waals surface area (Å²) in [4.78, 5) is 0. The lowest BCUT2D eigenvalue weighted by molar-refractivity contribution is 0.282. The zero-order valence-corrected chi connectivity index (χ0v) is 8.40. The standard InChI is InChI=1S/C12H16O2/c1-10-8-11(9-14)5-6-12(10)4-2-3-7-13/h2,4-6,8,13-14H,3,7,9H2,1H3. The van der Waals surface area contributed by atoms with Gasteiger partial charge in [-0.2, -0.15) is 0 Å². The maximum atomic E-state index is 8.92. The number of hydrogen-bond acceptors (Lipinski definition) is 2. The molecule has 2 nitrogen and oxygen atoms in total. The maximum Gasteiger partial charge on any atom is 0.0681 e. The monoisotopic (exact) mass is 192 g/mol. The van der Waals surface area contributed by atoms with Crippen LogP contribution in [0.5, 0.6) is 0 Å². The number of hydrogen-bond donors (Lipinski definition) is 2. The highest BCUT2D eigenvalue weighted by atomic mass is 16.3. The quantitative estimate of drug-likeness (QED) is 0.764. The van der Waals surface area contributed by atoms with Gasteiger partial charge in [-0.1, -0.05) is 30.4 Å². The molecule has 0 aliphatic heterocycles. The first kappa shape index (κ1) is 11.0. The van der Waals surface area contributed by atoms with Gasteiger partial charge < -0.3 is 10.2 Å². The van der Waals surface area contributed by atoms with E-state index in [1.54, 1.807) is 0 Å². The molecule has 0 heterocycles. The van der Waals surface area contributed by atoms with E-state index in [0.29, 0.717) is 6.42 Å². The molecular formula is C12H16O2. The van der Waals surface area contributed by atoms with Crippen molar-refractivity contribution in [2.24, 2.45) is 0 Å². The van der Waals surface area contributed by atoms with Gasteiger partial charge in [-0.05, 0) is 30.0 Å². The molecule has 0 saturated carbocycles. The van der Waals surface area contributed by atoms with E-state index in [2.05, 4.69) is 0 Å². The van der Waals surface area contributed by atoms with Crippen molar-refractivity contribution in [3.63, 3.8) is 0 Å². The third-order valence-electron chi connectivity index (χ3n) is 2.11. The van der Waals surface area contributed by atoms with E-state index in [1.807, 2.05) is 37.3 Å². The molecular weight excluding hydrogens is 176 g/mol. The van der Waals surface area contributed by atoms with Crippen molar-refractivity contribution >= 4 is 6.08 Å². The van der Waals surface area contributed by atoms with E-state index in [9.17, 15) is 0 Å². The minimum Gasteiger partial charge on any atom is -0.396 e. The topological polar surface area (TPSA) is 40.5 Å². The number of aliphatic hydroxyl groups excluding tert-OH is 2. The van der Waals surface area contributed by atoms with Gasteiger partial charge >= 0.3 is 0 Å². The van der Waals surface area contributed by atoms with Gasteiger partial charge in [0.25, 0.3) is 0 Å². The molecule has 0 radical (unpaired) electrons. The summed E-state index contributed by atoms with van der Waals surface area (Å²) in [5.41, 5.74) is 3.21. The summed E-state index contributed by atoms with van der Waals surface area (Å²) >= 11 is 0. The van der Waals surface area contributed by atoms with E-state index in [1.165, 1.54) is 0 Å². The van der Waals surface area contributed by atoms with Crippen molar-refractivity contribution in [3.05, 3.63) is 41.0 Å². The summed E-state index contributed by atoms with van der Waals surface area (Å²) in [7, 11) is 0. The largest absolute Gasteiger partial charge is 0.396 e. The highest BCUT2D eigenvalue weighted by Crippen LogP contribution is 2.13. The van der Waals surface area contributed by atoms with Crippen LogP contribution in [0.3, 0.4) is 0 Å². The van der Waals surface area contributed by atoms with Crippen LogP contribution in [0.2, 0.25) is 0 Å². The van der Waals surface area contributed by atoms with Gasteiger partial charge in [0.1, 0.15) is 0 Å². The van der Waals surface area contributed by atoms with Crippen LogP contribution in [0.15, 0.2) is 24.3 Å². The fraction of sp³-hybridized carbons (Fsp3) is 0.333. The second-order valence-corrected chi connectivity index (χ2v) is 3.26. The Kier molecular flexibility index (Phi) is 4.36. The maximum absolute atomic E-state index is 8.92. The van der Waals surface area contributed by atoms with Crippen LogP contribution in [-0.4, -0.2) is 16.8 Å². The van der Waals surface area contributed by atoms with E-state index in [0.717, 1.165) is 16.7 Å². The molecule has 0 amide bonds. The lowest BCUT2D eigenvalue weighted by atomic mass is 10.0. The Bertz CT molecular complexity index is 316. The molecule has 2 heteroatoms. The molecule has 1 rings (SSSR count). The molecule has 0 spiro atoms. The Morgan fingerprint density at radius 2 is 2.07 bits per heavy atom. The summed E-state index contributed by atoms with van der Waals surface area (Å²) in [5, 5.41) is 17.5. The van der Waals surface area contributed by atoms with Crippen molar-refractivity contribution < 1.29 is 10.2 Å². The second-order valence-electron chi connectivity index (χ2n) is 3.26. The average Bonchev–Trinajstić information content (AvgIpc) is 2.20. The third kappa shape index (κ3) is 2.98. The van der Waals surface area contributed by atoms with E-state index < -0.39 is 0 Å². The average molecular weight is 192 g/mol. The Morgan fingerprint density at radius 3 is 2.64 bits per heavy atom. The molecule has 0 aliphatic rings. The van der Waals surface area contributed by atoms with Gasteiger partial charge in [0.2, 0.25) is 0 Å². The van der Waals surface area contributed by atoms with Crippen LogP contribution in [0.1, 0.15) is 23.1 Å². The van der Waals surface area contributed by atoms with Crippen LogP contribution >= 0.6 is 0 Å². The molecule has 0 unspecified atom stereocenters. The van der Waals surface area contributed by atoms with E-state index >= 15 is 0 Å². The van der Waals surface area contributed by atoms with Gasteiger partial charge in [0, 0.05) is 6.61 Å². The summed E-state index contributed by atoms with van der Waals surface area (Å²) in [6, 6.07) is 5.86. The molecule has 2 N–H and O–H groups in total. The van der Waals surface area contributed by atoms with E-state index in [-0.39, 0.29) is 13.2 Å². The first-order chi connectivity index (χ1) is 6.77. The molecule has 1 aromatic carbocycles. The molecule has 0 atom stereocenters. The molecule has 76 valence electrons. The van der Waals surface area contributed by atoms with Crippen molar-refractivity contribution in [2.75, 3.05) is 6.61 Å². The van der Waals surface area contributed by atoms with Crippen molar-refractivity contribution in [3.8, 4) is 0 Å². The van der Waals surface area contributed by atoms with Gasteiger partial charge in [-0.3, -0.25) is 0 Å². The van der Waals surface area contributed by atoms with Crippen molar-refractivity contribution in [2.45, 2.75) is 20.0 Å². The van der Waals surface area contributed by atoms with Crippen LogP contribution in [0, 0.1) is 6.92 Å². The Labute approximate surface area is 84.5 Å². The smallest absolute Gasteiger partial charge is 0.0681 e. The summed E-state index contributed by atoms with van der Waals surface area (Å²) < 4.78 is 0. The summed E-state index contributed by atoms with van der Waals surface area (Å²) in [6.45, 7) is 2.28. The Hall–Kier alpha value is -1.12. The minimum absolute atomic E-state index is 0.0848. The minimum atomic E-state index is 0.0848. The molecule has 14 heavy (non-hydrogen) atoms. The van der Waals surface area contributed by atoms with E-state index in [4.69, 9.17) is 10.2 Å². The summed E-state index contributed by atoms with van der Waals surface area (Å²) in [5.74, 6) is 0. The van der Waals surface area contributed by atoms with Crippen LogP contribution < -0.4 is 0 Å².